The van der Waals surface area contributed by atoms with Gasteiger partial charge in [-0.05, 0) is 30.1 Å². The molecule has 0 spiro atoms. The van der Waals surface area contributed by atoms with Crippen molar-refractivity contribution in [2.45, 2.75) is 52.4 Å². The fraction of sp³-hybridized carbons (Fsp3) is 0.929. The third-order valence-electron chi connectivity index (χ3n) is 4.67. The van der Waals surface area contributed by atoms with Gasteiger partial charge in [0.1, 0.15) is 0 Å². The predicted octanol–water partition coefficient (Wildman–Crippen LogP) is 3.49. The Labute approximate surface area is 113 Å². The molecule has 0 aromatic heterocycles. The maximum atomic E-state index is 12.0. The average molecular weight is 302 g/mol. The number of hydrogen-bond donors (Lipinski definition) is 1. The zero-order valence-corrected chi connectivity index (χ0v) is 12.6. The van der Waals surface area contributed by atoms with E-state index in [2.05, 4.69) is 35.1 Å². The van der Waals surface area contributed by atoms with Gasteiger partial charge in [-0.15, -0.1) is 0 Å². The Hall–Kier alpha value is -0.0500. The van der Waals surface area contributed by atoms with Crippen LogP contribution in [0, 0.1) is 16.7 Å². The van der Waals surface area contributed by atoms with E-state index in [0.717, 1.165) is 18.3 Å². The molecule has 2 aliphatic rings. The zero-order chi connectivity index (χ0) is 12.5. The van der Waals surface area contributed by atoms with Crippen LogP contribution in [-0.2, 0) is 4.79 Å². The Balaban J connectivity index is 1.82. The zero-order valence-electron chi connectivity index (χ0n) is 11.0. The third-order valence-corrected chi connectivity index (χ3v) is 5.85. The average Bonchev–Trinajstić information content (AvgIpc) is 2.97. The van der Waals surface area contributed by atoms with Crippen molar-refractivity contribution in [2.75, 3.05) is 11.9 Å². The molecule has 98 valence electrons. The number of amides is 1. The van der Waals surface area contributed by atoms with Crippen LogP contribution in [0.4, 0.5) is 0 Å². The first kappa shape index (κ1) is 13.4. The van der Waals surface area contributed by atoms with Gasteiger partial charge in [-0.25, -0.2) is 0 Å². The lowest BCUT2D eigenvalue weighted by Gasteiger charge is -2.36. The van der Waals surface area contributed by atoms with Gasteiger partial charge in [-0.3, -0.25) is 4.79 Å². The molecule has 0 aromatic rings. The van der Waals surface area contributed by atoms with Crippen LogP contribution in [0.2, 0.25) is 0 Å². The highest BCUT2D eigenvalue weighted by Crippen LogP contribution is 2.51. The summed E-state index contributed by atoms with van der Waals surface area (Å²) in [6.45, 7) is 5.22. The summed E-state index contributed by atoms with van der Waals surface area (Å²) in [7, 11) is 0. The normalized spacial score (nSPS) is 29.7. The summed E-state index contributed by atoms with van der Waals surface area (Å²) >= 11 is 3.64. The molecule has 0 bridgehead atoms. The lowest BCUT2D eigenvalue weighted by Crippen LogP contribution is -2.41. The summed E-state index contributed by atoms with van der Waals surface area (Å²) in [5.41, 5.74) is 0.575. The molecule has 1 atom stereocenters. The van der Waals surface area contributed by atoms with Gasteiger partial charge in [0.05, 0.1) is 0 Å². The largest absolute Gasteiger partial charge is 0.355 e. The minimum atomic E-state index is 0.248. The Morgan fingerprint density at radius 2 is 1.88 bits per heavy atom. The van der Waals surface area contributed by atoms with Gasteiger partial charge in [0.25, 0.3) is 0 Å². The topological polar surface area (TPSA) is 29.1 Å². The van der Waals surface area contributed by atoms with Crippen LogP contribution in [0.25, 0.3) is 0 Å². The number of rotatable bonds is 4. The van der Waals surface area contributed by atoms with E-state index in [9.17, 15) is 4.79 Å². The highest BCUT2D eigenvalue weighted by molar-refractivity contribution is 9.09. The highest BCUT2D eigenvalue weighted by Gasteiger charge is 2.50. The molecular weight excluding hydrogens is 278 g/mol. The van der Waals surface area contributed by atoms with Gasteiger partial charge >= 0.3 is 0 Å². The first-order chi connectivity index (χ1) is 7.99. The van der Waals surface area contributed by atoms with Crippen molar-refractivity contribution in [1.29, 1.82) is 0 Å². The van der Waals surface area contributed by atoms with Gasteiger partial charge in [-0.1, -0.05) is 49.0 Å². The molecule has 0 radical (unpaired) electrons. The maximum Gasteiger partial charge on any atom is 0.223 e. The van der Waals surface area contributed by atoms with Crippen LogP contribution < -0.4 is 5.32 Å². The van der Waals surface area contributed by atoms with E-state index in [4.69, 9.17) is 0 Å². The van der Waals surface area contributed by atoms with E-state index in [1.807, 2.05) is 0 Å². The summed E-state index contributed by atoms with van der Waals surface area (Å²) in [6.07, 6.45) is 7.56. The van der Waals surface area contributed by atoms with Crippen LogP contribution >= 0.6 is 15.9 Å². The van der Waals surface area contributed by atoms with Gasteiger partial charge in [-0.2, -0.15) is 0 Å². The second-order valence-corrected chi connectivity index (χ2v) is 7.22. The standard InChI is InChI=1S/C14H24BrNO/c1-13(2)8-11(13)12(17)16-10-14(9-15)6-4-3-5-7-14/h11H,3-10H2,1-2H3,(H,16,17). The summed E-state index contributed by atoms with van der Waals surface area (Å²) in [6, 6.07) is 0. The van der Waals surface area contributed by atoms with Gasteiger partial charge < -0.3 is 5.32 Å². The van der Waals surface area contributed by atoms with Crippen molar-refractivity contribution in [3.8, 4) is 0 Å². The number of carbonyl (C=O) groups is 1. The fourth-order valence-corrected chi connectivity index (χ4v) is 3.73. The first-order valence-corrected chi connectivity index (χ1v) is 7.95. The predicted molar refractivity (Wildman–Crippen MR) is 74.2 cm³/mol. The SMILES string of the molecule is CC1(C)CC1C(=O)NCC1(CBr)CCCCC1. The summed E-state index contributed by atoms with van der Waals surface area (Å²) in [4.78, 5) is 12.0. The third kappa shape index (κ3) is 3.04. The van der Waals surface area contributed by atoms with Crippen molar-refractivity contribution in [3.63, 3.8) is 0 Å². The van der Waals surface area contributed by atoms with Gasteiger partial charge in [0.2, 0.25) is 5.91 Å². The Morgan fingerprint density at radius 3 is 2.35 bits per heavy atom. The number of halogens is 1. The molecule has 0 aliphatic heterocycles. The minimum absolute atomic E-state index is 0.248. The molecule has 0 saturated heterocycles. The molecule has 0 heterocycles. The van der Waals surface area contributed by atoms with Gasteiger partial charge in [0, 0.05) is 17.8 Å². The van der Waals surface area contributed by atoms with E-state index < -0.39 is 0 Å². The smallest absolute Gasteiger partial charge is 0.223 e. The Kier molecular flexibility index (Phi) is 3.86. The van der Waals surface area contributed by atoms with E-state index in [-0.39, 0.29) is 17.2 Å². The molecular formula is C14H24BrNO. The molecule has 17 heavy (non-hydrogen) atoms. The van der Waals surface area contributed by atoms with E-state index in [1.54, 1.807) is 0 Å². The second kappa shape index (κ2) is 4.91. The molecule has 2 saturated carbocycles. The quantitative estimate of drug-likeness (QED) is 0.791. The maximum absolute atomic E-state index is 12.0. The number of carbonyl (C=O) groups excluding carboxylic acids is 1. The van der Waals surface area contributed by atoms with E-state index in [1.165, 1.54) is 32.1 Å². The van der Waals surface area contributed by atoms with Crippen molar-refractivity contribution < 1.29 is 4.79 Å². The Bertz CT molecular complexity index is 295. The second-order valence-electron chi connectivity index (χ2n) is 6.66. The fourth-order valence-electron chi connectivity index (χ4n) is 2.97. The summed E-state index contributed by atoms with van der Waals surface area (Å²) in [5, 5.41) is 4.21. The minimum Gasteiger partial charge on any atom is -0.355 e. The summed E-state index contributed by atoms with van der Waals surface area (Å²) in [5.74, 6) is 0.541. The number of hydrogen-bond acceptors (Lipinski definition) is 1. The van der Waals surface area contributed by atoms with Crippen LogP contribution in [0.3, 0.4) is 0 Å². The Morgan fingerprint density at radius 1 is 1.29 bits per heavy atom. The van der Waals surface area contributed by atoms with E-state index in [0.29, 0.717) is 5.41 Å². The lowest BCUT2D eigenvalue weighted by atomic mass is 9.75. The molecule has 2 fully saturated rings. The molecule has 2 rings (SSSR count). The van der Waals surface area contributed by atoms with Crippen molar-refractivity contribution >= 4 is 21.8 Å². The highest BCUT2D eigenvalue weighted by atomic mass is 79.9. The number of alkyl halides is 1. The lowest BCUT2D eigenvalue weighted by molar-refractivity contribution is -0.123. The number of nitrogens with one attached hydrogen (secondary N) is 1. The monoisotopic (exact) mass is 301 g/mol. The molecule has 2 aliphatic carbocycles. The van der Waals surface area contributed by atoms with Crippen molar-refractivity contribution in [1.82, 2.24) is 5.32 Å². The first-order valence-electron chi connectivity index (χ1n) is 6.83. The van der Waals surface area contributed by atoms with Crippen molar-refractivity contribution in [2.24, 2.45) is 16.7 Å². The summed E-state index contributed by atoms with van der Waals surface area (Å²) < 4.78 is 0. The van der Waals surface area contributed by atoms with Crippen molar-refractivity contribution in [3.05, 3.63) is 0 Å². The molecule has 2 nitrogen and oxygen atoms in total. The molecule has 0 aromatic carbocycles. The van der Waals surface area contributed by atoms with Crippen LogP contribution in [-0.4, -0.2) is 17.8 Å². The molecule has 3 heteroatoms. The van der Waals surface area contributed by atoms with Crippen LogP contribution in [0.1, 0.15) is 52.4 Å². The molecule has 1 amide bonds. The van der Waals surface area contributed by atoms with Crippen LogP contribution in [0.15, 0.2) is 0 Å². The molecule has 1 N–H and O–H groups in total. The van der Waals surface area contributed by atoms with Gasteiger partial charge in [0.15, 0.2) is 0 Å². The van der Waals surface area contributed by atoms with Crippen LogP contribution in [0.5, 0.6) is 0 Å². The molecule has 1 unspecified atom stereocenters. The van der Waals surface area contributed by atoms with E-state index >= 15 is 0 Å².